The van der Waals surface area contributed by atoms with Gasteiger partial charge < -0.3 is 9.64 Å². The monoisotopic (exact) mass is 472 g/mol. The number of anilines is 1. The van der Waals surface area contributed by atoms with Crippen molar-refractivity contribution in [3.8, 4) is 11.4 Å². The Labute approximate surface area is 186 Å². The lowest BCUT2D eigenvalue weighted by molar-refractivity contribution is 0.283. The van der Waals surface area contributed by atoms with E-state index in [1.165, 1.54) is 15.2 Å². The van der Waals surface area contributed by atoms with Gasteiger partial charge in [0.25, 0.3) is 0 Å². The van der Waals surface area contributed by atoms with Crippen LogP contribution in [0.5, 0.6) is 5.75 Å². The maximum absolute atomic E-state index is 13.2. The maximum Gasteiger partial charge on any atom is 0.316 e. The van der Waals surface area contributed by atoms with Gasteiger partial charge >= 0.3 is 5.56 Å². The van der Waals surface area contributed by atoms with E-state index in [0.717, 1.165) is 0 Å². The Balaban J connectivity index is 1.91. The number of aromatic nitrogens is 2. The van der Waals surface area contributed by atoms with E-state index >= 15 is 0 Å². The molecule has 8 nitrogen and oxygen atoms in total. The van der Waals surface area contributed by atoms with Crippen LogP contribution >= 0.6 is 11.6 Å². The molecule has 1 fully saturated rings. The summed E-state index contributed by atoms with van der Waals surface area (Å²) in [6.45, 7) is 4.13. The molecule has 3 rings (SSSR count). The molecule has 1 aromatic carbocycles. The van der Waals surface area contributed by atoms with Crippen molar-refractivity contribution in [1.29, 1.82) is 0 Å². The molecule has 1 aromatic heterocycles. The van der Waals surface area contributed by atoms with Crippen LogP contribution in [0, 0.1) is 0 Å². The third-order valence-corrected chi connectivity index (χ3v) is 7.54. The smallest absolute Gasteiger partial charge is 0.316 e. The van der Waals surface area contributed by atoms with Gasteiger partial charge in [0.15, 0.2) is 0 Å². The molecule has 0 spiro atoms. The molecule has 0 unspecified atom stereocenters. The second kappa shape index (κ2) is 9.97. The lowest BCUT2D eigenvalue weighted by Crippen LogP contribution is -2.50. The fourth-order valence-corrected chi connectivity index (χ4v) is 4.75. The highest BCUT2D eigenvalue weighted by atomic mass is 35.5. The topological polar surface area (TPSA) is 84.7 Å². The van der Waals surface area contributed by atoms with Gasteiger partial charge in [-0.3, -0.25) is 9.18 Å². The molecular formula is C20H26ClFN4O4S. The van der Waals surface area contributed by atoms with Gasteiger partial charge in [-0.2, -0.15) is 14.1 Å². The van der Waals surface area contributed by atoms with Crippen LogP contribution in [0.4, 0.5) is 10.1 Å². The van der Waals surface area contributed by atoms with Crippen LogP contribution in [-0.2, 0) is 10.0 Å². The molecule has 0 aliphatic carbocycles. The first-order chi connectivity index (χ1) is 14.8. The summed E-state index contributed by atoms with van der Waals surface area (Å²) in [6, 6.07) is 6.70. The van der Waals surface area contributed by atoms with Crippen LogP contribution in [0.3, 0.4) is 0 Å². The van der Waals surface area contributed by atoms with Gasteiger partial charge in [0.1, 0.15) is 5.69 Å². The number of hydrogen-bond donors (Lipinski definition) is 0. The summed E-state index contributed by atoms with van der Waals surface area (Å²) in [6.07, 6.45) is 1.67. The lowest BCUT2D eigenvalue weighted by Gasteiger charge is -2.36. The van der Waals surface area contributed by atoms with Crippen molar-refractivity contribution in [2.75, 3.05) is 44.4 Å². The third kappa shape index (κ3) is 5.19. The van der Waals surface area contributed by atoms with E-state index in [9.17, 15) is 17.6 Å². The van der Waals surface area contributed by atoms with Crippen molar-refractivity contribution in [2.45, 2.75) is 25.5 Å². The number of hydrogen-bond acceptors (Lipinski definition) is 6. The normalized spacial score (nSPS) is 15.5. The van der Waals surface area contributed by atoms with Gasteiger partial charge in [-0.15, -0.1) is 0 Å². The molecular weight excluding hydrogens is 447 g/mol. The summed E-state index contributed by atoms with van der Waals surface area (Å²) in [5, 5.41) is 4.23. The lowest BCUT2D eigenvalue weighted by atomic mass is 10.3. The molecule has 170 valence electrons. The zero-order chi connectivity index (χ0) is 22.6. The number of rotatable bonds is 8. The Hall–Kier alpha value is -2.17. The van der Waals surface area contributed by atoms with Gasteiger partial charge in [0.05, 0.1) is 30.4 Å². The molecule has 0 N–H and O–H groups in total. The molecule has 0 amide bonds. The first-order valence-electron chi connectivity index (χ1n) is 10.1. The van der Waals surface area contributed by atoms with Crippen LogP contribution in [0.1, 0.15) is 20.3 Å². The number of nitrogens with zero attached hydrogens (tertiary/aromatic N) is 4. The van der Waals surface area contributed by atoms with Gasteiger partial charge in [-0.05, 0) is 32.0 Å². The minimum Gasteiger partial charge on any atom is -0.486 e. The number of ether oxygens (including phenoxy) is 1. The summed E-state index contributed by atoms with van der Waals surface area (Å²) in [7, 11) is -3.35. The Morgan fingerprint density at radius 3 is 2.55 bits per heavy atom. The fourth-order valence-electron chi connectivity index (χ4n) is 3.29. The second-order valence-electron chi connectivity index (χ2n) is 7.43. The van der Waals surface area contributed by atoms with Gasteiger partial charge in [0.2, 0.25) is 15.8 Å². The minimum atomic E-state index is -3.35. The van der Waals surface area contributed by atoms with Crippen molar-refractivity contribution >= 4 is 27.3 Å². The maximum atomic E-state index is 13.2. The van der Waals surface area contributed by atoms with Crippen molar-refractivity contribution in [1.82, 2.24) is 14.1 Å². The molecule has 0 saturated carbocycles. The average Bonchev–Trinajstić information content (AvgIpc) is 2.75. The van der Waals surface area contributed by atoms with E-state index in [1.807, 2.05) is 4.90 Å². The van der Waals surface area contributed by atoms with Crippen molar-refractivity contribution in [3.63, 3.8) is 0 Å². The molecule has 11 heteroatoms. The van der Waals surface area contributed by atoms with Crippen LogP contribution in [0.2, 0.25) is 5.02 Å². The van der Waals surface area contributed by atoms with E-state index in [-0.39, 0.29) is 18.8 Å². The fraction of sp³-hybridized carbons (Fsp3) is 0.500. The third-order valence-electron chi connectivity index (χ3n) is 5.03. The summed E-state index contributed by atoms with van der Waals surface area (Å²) in [5.41, 5.74) is 0.451. The van der Waals surface area contributed by atoms with Crippen molar-refractivity contribution in [3.05, 3.63) is 45.8 Å². The van der Waals surface area contributed by atoms with E-state index in [2.05, 4.69) is 5.10 Å². The molecule has 31 heavy (non-hydrogen) atoms. The first-order valence-corrected chi connectivity index (χ1v) is 11.9. The predicted molar refractivity (Wildman–Crippen MR) is 119 cm³/mol. The zero-order valence-electron chi connectivity index (χ0n) is 17.5. The van der Waals surface area contributed by atoms with Crippen LogP contribution < -0.4 is 15.2 Å². The summed E-state index contributed by atoms with van der Waals surface area (Å²) in [4.78, 5) is 15.0. The van der Waals surface area contributed by atoms with E-state index in [1.54, 1.807) is 38.1 Å². The van der Waals surface area contributed by atoms with Crippen molar-refractivity contribution < 1.29 is 17.5 Å². The highest BCUT2D eigenvalue weighted by molar-refractivity contribution is 7.89. The number of halogens is 2. The highest BCUT2D eigenvalue weighted by Gasteiger charge is 2.31. The van der Waals surface area contributed by atoms with Crippen LogP contribution in [0.25, 0.3) is 5.69 Å². The number of piperazine rings is 1. The molecule has 0 atom stereocenters. The molecule has 0 radical (unpaired) electrons. The van der Waals surface area contributed by atoms with E-state index in [4.69, 9.17) is 16.3 Å². The van der Waals surface area contributed by atoms with E-state index in [0.29, 0.717) is 42.6 Å². The first kappa shape index (κ1) is 23.5. The summed E-state index contributed by atoms with van der Waals surface area (Å²) < 4.78 is 45.7. The van der Waals surface area contributed by atoms with Crippen LogP contribution in [0.15, 0.2) is 35.3 Å². The van der Waals surface area contributed by atoms with Gasteiger partial charge in [-0.25, -0.2) is 8.42 Å². The molecule has 0 bridgehead atoms. The Morgan fingerprint density at radius 1 is 1.23 bits per heavy atom. The predicted octanol–water partition coefficient (Wildman–Crippen LogP) is 2.48. The largest absolute Gasteiger partial charge is 0.486 e. The Kier molecular flexibility index (Phi) is 7.55. The van der Waals surface area contributed by atoms with Crippen LogP contribution in [-0.4, -0.2) is 67.2 Å². The zero-order valence-corrected chi connectivity index (χ0v) is 19.1. The molecule has 1 saturated heterocycles. The molecule has 2 heterocycles. The molecule has 1 aliphatic rings. The standard InChI is InChI=1S/C20H26ClFN4O4S/c1-15(2)31(28,29)25-10-8-24(9-11-25)18-14-23-26(17-6-3-5-16(21)13-17)20(27)19(18)30-12-4-7-22/h3,5-6,13-15H,4,7-12H2,1-2H3. The summed E-state index contributed by atoms with van der Waals surface area (Å²) >= 11 is 6.04. The summed E-state index contributed by atoms with van der Waals surface area (Å²) in [5.74, 6) is 0.0589. The van der Waals surface area contributed by atoms with E-state index < -0.39 is 27.5 Å². The molecule has 1 aliphatic heterocycles. The SMILES string of the molecule is CC(C)S(=O)(=O)N1CCN(c2cnn(-c3cccc(Cl)c3)c(=O)c2OCCCF)CC1. The quantitative estimate of drug-likeness (QED) is 0.549. The van der Waals surface area contributed by atoms with Gasteiger partial charge in [0, 0.05) is 37.6 Å². The number of alkyl halides is 1. The van der Waals surface area contributed by atoms with Crippen molar-refractivity contribution in [2.24, 2.45) is 0 Å². The second-order valence-corrected chi connectivity index (χ2v) is 10.4. The molecule has 2 aromatic rings. The number of sulfonamides is 1. The van der Waals surface area contributed by atoms with Gasteiger partial charge in [-0.1, -0.05) is 17.7 Å². The average molecular weight is 473 g/mol. The minimum absolute atomic E-state index is 0.0417. The Bertz CT molecular complexity index is 1070. The number of benzene rings is 1. The Morgan fingerprint density at radius 2 is 1.94 bits per heavy atom. The highest BCUT2D eigenvalue weighted by Crippen LogP contribution is 2.27.